The van der Waals surface area contributed by atoms with Gasteiger partial charge in [-0.3, -0.25) is 0 Å². The lowest BCUT2D eigenvalue weighted by molar-refractivity contribution is 0.412. The number of ether oxygens (including phenoxy) is 4. The van der Waals surface area contributed by atoms with E-state index in [0.717, 1.165) is 57.1 Å². The zero-order chi connectivity index (χ0) is 27.9. The average Bonchev–Trinajstić information content (AvgIpc) is 3.02. The molecule has 0 aromatic heterocycles. The topological polar surface area (TPSA) is 43.4 Å². The van der Waals surface area contributed by atoms with Crippen molar-refractivity contribution in [2.45, 2.75) is 0 Å². The number of hydrogen-bond acceptors (Lipinski definition) is 6. The fourth-order valence-electron chi connectivity index (χ4n) is 4.85. The molecule has 0 fully saturated rings. The molecule has 0 aliphatic heterocycles. The first-order chi connectivity index (χ1) is 19.7. The van der Waals surface area contributed by atoms with Crippen LogP contribution in [0.4, 0.5) is 34.1 Å². The van der Waals surface area contributed by atoms with Gasteiger partial charge in [0.05, 0.1) is 51.2 Å². The summed E-state index contributed by atoms with van der Waals surface area (Å²) >= 11 is 0. The van der Waals surface area contributed by atoms with Crippen molar-refractivity contribution >= 4 is 34.1 Å². The van der Waals surface area contributed by atoms with Crippen molar-refractivity contribution in [3.63, 3.8) is 0 Å². The Balaban J connectivity index is 1.76. The quantitative estimate of drug-likeness (QED) is 0.179. The molecule has 6 heteroatoms. The van der Waals surface area contributed by atoms with Gasteiger partial charge in [0.2, 0.25) is 0 Å². The molecule has 0 aliphatic rings. The Hall–Kier alpha value is -5.10. The molecule has 0 saturated heterocycles. The normalized spacial score (nSPS) is 10.5. The molecule has 0 bridgehead atoms. The molecule has 0 N–H and O–H groups in total. The van der Waals surface area contributed by atoms with Crippen molar-refractivity contribution in [1.82, 2.24) is 0 Å². The molecule has 0 heterocycles. The van der Waals surface area contributed by atoms with E-state index in [0.29, 0.717) is 0 Å². The summed E-state index contributed by atoms with van der Waals surface area (Å²) in [5, 5.41) is 0. The van der Waals surface area contributed by atoms with Gasteiger partial charge in [0.25, 0.3) is 0 Å². The van der Waals surface area contributed by atoms with Crippen LogP contribution in [0.3, 0.4) is 0 Å². The van der Waals surface area contributed by atoms with Crippen LogP contribution in [0.1, 0.15) is 0 Å². The fourth-order valence-corrected chi connectivity index (χ4v) is 4.85. The maximum absolute atomic E-state index is 5.79. The molecule has 5 rings (SSSR count). The largest absolute Gasteiger partial charge is 0.495 e. The Morgan fingerprint density at radius 2 is 0.625 bits per heavy atom. The van der Waals surface area contributed by atoms with Gasteiger partial charge in [-0.05, 0) is 66.7 Å². The highest BCUT2D eigenvalue weighted by molar-refractivity contribution is 5.88. The SMILES string of the molecule is COc1ccccc1N(c1cccc(N(c2ccccc2OC)c2ccccc2OC)c1)c1ccccc1OC. The van der Waals surface area contributed by atoms with E-state index in [2.05, 4.69) is 28.0 Å². The average molecular weight is 533 g/mol. The predicted octanol–water partition coefficient (Wildman–Crippen LogP) is 8.66. The summed E-state index contributed by atoms with van der Waals surface area (Å²) in [5.74, 6) is 2.96. The zero-order valence-corrected chi connectivity index (χ0v) is 23.1. The van der Waals surface area contributed by atoms with E-state index in [-0.39, 0.29) is 0 Å². The minimum absolute atomic E-state index is 0.741. The van der Waals surface area contributed by atoms with E-state index in [1.165, 1.54) is 0 Å². The highest BCUT2D eigenvalue weighted by atomic mass is 16.5. The van der Waals surface area contributed by atoms with Crippen LogP contribution in [-0.4, -0.2) is 28.4 Å². The Bertz CT molecular complexity index is 1380. The van der Waals surface area contributed by atoms with Crippen LogP contribution in [0.25, 0.3) is 0 Å². The second kappa shape index (κ2) is 12.2. The molecule has 5 aromatic carbocycles. The van der Waals surface area contributed by atoms with Gasteiger partial charge < -0.3 is 28.7 Å². The first-order valence-corrected chi connectivity index (χ1v) is 12.9. The van der Waals surface area contributed by atoms with E-state index in [1.807, 2.05) is 103 Å². The molecule has 0 unspecified atom stereocenters. The van der Waals surface area contributed by atoms with Crippen LogP contribution in [0.5, 0.6) is 23.0 Å². The van der Waals surface area contributed by atoms with Crippen molar-refractivity contribution in [3.05, 3.63) is 121 Å². The van der Waals surface area contributed by atoms with Gasteiger partial charge in [0.15, 0.2) is 0 Å². The maximum Gasteiger partial charge on any atom is 0.142 e. The minimum atomic E-state index is 0.741. The zero-order valence-electron chi connectivity index (χ0n) is 23.1. The highest BCUT2D eigenvalue weighted by Crippen LogP contribution is 2.48. The number of hydrogen-bond donors (Lipinski definition) is 0. The third-order valence-corrected chi connectivity index (χ3v) is 6.65. The summed E-state index contributed by atoms with van der Waals surface area (Å²) in [6.07, 6.45) is 0. The Labute approximate surface area is 235 Å². The van der Waals surface area contributed by atoms with Crippen LogP contribution >= 0.6 is 0 Å². The molecular formula is C34H32N2O4. The number of para-hydroxylation sites is 8. The lowest BCUT2D eigenvalue weighted by atomic mass is 10.1. The van der Waals surface area contributed by atoms with Gasteiger partial charge in [-0.2, -0.15) is 0 Å². The molecule has 0 radical (unpaired) electrons. The van der Waals surface area contributed by atoms with Crippen molar-refractivity contribution in [3.8, 4) is 23.0 Å². The van der Waals surface area contributed by atoms with E-state index in [9.17, 15) is 0 Å². The van der Waals surface area contributed by atoms with Gasteiger partial charge in [-0.25, -0.2) is 0 Å². The summed E-state index contributed by atoms with van der Waals surface area (Å²) in [6, 6.07) is 40.2. The monoisotopic (exact) mass is 532 g/mol. The Morgan fingerprint density at radius 3 is 0.900 bits per heavy atom. The van der Waals surface area contributed by atoms with Crippen LogP contribution in [-0.2, 0) is 0 Å². The second-order valence-electron chi connectivity index (χ2n) is 8.88. The lowest BCUT2D eigenvalue weighted by Crippen LogP contribution is -2.15. The van der Waals surface area contributed by atoms with Gasteiger partial charge in [-0.15, -0.1) is 0 Å². The van der Waals surface area contributed by atoms with E-state index in [4.69, 9.17) is 18.9 Å². The van der Waals surface area contributed by atoms with E-state index >= 15 is 0 Å². The molecule has 0 aliphatic carbocycles. The van der Waals surface area contributed by atoms with Gasteiger partial charge in [0.1, 0.15) is 23.0 Å². The maximum atomic E-state index is 5.79. The molecule has 6 nitrogen and oxygen atoms in total. The first-order valence-electron chi connectivity index (χ1n) is 12.9. The third kappa shape index (κ3) is 5.12. The number of methoxy groups -OCH3 is 4. The molecular weight excluding hydrogens is 500 g/mol. The summed E-state index contributed by atoms with van der Waals surface area (Å²) in [4.78, 5) is 4.29. The lowest BCUT2D eigenvalue weighted by Gasteiger charge is -2.31. The van der Waals surface area contributed by atoms with Gasteiger partial charge in [-0.1, -0.05) is 54.6 Å². The number of anilines is 6. The fraction of sp³-hybridized carbons (Fsp3) is 0.118. The molecule has 5 aromatic rings. The molecule has 0 spiro atoms. The Kier molecular flexibility index (Phi) is 8.07. The summed E-state index contributed by atoms with van der Waals surface area (Å²) in [5.41, 5.74) is 5.36. The van der Waals surface area contributed by atoms with Crippen LogP contribution in [0.2, 0.25) is 0 Å². The van der Waals surface area contributed by atoms with Crippen LogP contribution in [0.15, 0.2) is 121 Å². The van der Waals surface area contributed by atoms with Crippen molar-refractivity contribution < 1.29 is 18.9 Å². The third-order valence-electron chi connectivity index (χ3n) is 6.65. The van der Waals surface area contributed by atoms with Crippen LogP contribution in [0, 0.1) is 0 Å². The van der Waals surface area contributed by atoms with E-state index < -0.39 is 0 Å². The smallest absolute Gasteiger partial charge is 0.142 e. The predicted molar refractivity (Wildman–Crippen MR) is 162 cm³/mol. The number of rotatable bonds is 10. The minimum Gasteiger partial charge on any atom is -0.495 e. The second-order valence-corrected chi connectivity index (χ2v) is 8.88. The summed E-state index contributed by atoms with van der Waals surface area (Å²) in [6.45, 7) is 0. The van der Waals surface area contributed by atoms with Crippen molar-refractivity contribution in [2.24, 2.45) is 0 Å². The number of nitrogens with zero attached hydrogens (tertiary/aromatic N) is 2. The van der Waals surface area contributed by atoms with Crippen molar-refractivity contribution in [2.75, 3.05) is 38.2 Å². The van der Waals surface area contributed by atoms with Gasteiger partial charge >= 0.3 is 0 Å². The number of benzene rings is 5. The molecule has 0 saturated carbocycles. The van der Waals surface area contributed by atoms with Crippen molar-refractivity contribution in [1.29, 1.82) is 0 Å². The Morgan fingerprint density at radius 1 is 0.350 bits per heavy atom. The van der Waals surface area contributed by atoms with Crippen LogP contribution < -0.4 is 28.7 Å². The molecule has 40 heavy (non-hydrogen) atoms. The first kappa shape index (κ1) is 26.5. The highest BCUT2D eigenvalue weighted by Gasteiger charge is 2.23. The standard InChI is InChI=1S/C34H32N2O4/c1-37-31-20-9-5-16-27(31)35(28-17-6-10-21-32(28)38-2)25-14-13-15-26(24-25)36(29-18-7-11-22-33(29)39-3)30-19-8-12-23-34(30)40-4/h5-24H,1-4H3. The van der Waals surface area contributed by atoms with E-state index in [1.54, 1.807) is 28.4 Å². The molecule has 202 valence electrons. The summed E-state index contributed by atoms with van der Waals surface area (Å²) in [7, 11) is 6.73. The summed E-state index contributed by atoms with van der Waals surface area (Å²) < 4.78 is 23.2. The molecule has 0 amide bonds. The molecule has 0 atom stereocenters. The van der Waals surface area contributed by atoms with Gasteiger partial charge in [0, 0.05) is 11.4 Å².